The van der Waals surface area contributed by atoms with Crippen LogP contribution in [0.15, 0.2) is 94.9 Å². The molecule has 0 saturated carbocycles. The molecule has 1 fully saturated rings. The van der Waals surface area contributed by atoms with Crippen molar-refractivity contribution < 1.29 is 23.8 Å². The number of ether oxygens (including phenoxy) is 3. The molecule has 0 amide bonds. The molecule has 4 rings (SSSR count). The number of rotatable bonds is 8. The Morgan fingerprint density at radius 2 is 1.43 bits per heavy atom. The molecule has 1 heterocycles. The zero-order chi connectivity index (χ0) is 24.6. The normalized spacial score (nSPS) is 21.1. The van der Waals surface area contributed by atoms with Crippen LogP contribution in [0.25, 0.3) is 10.4 Å². The van der Waals surface area contributed by atoms with E-state index in [2.05, 4.69) is 10.0 Å². The Bertz CT molecular complexity index is 1200. The molecule has 0 aromatic heterocycles. The lowest BCUT2D eigenvalue weighted by Crippen LogP contribution is -2.40. The highest BCUT2D eigenvalue weighted by Crippen LogP contribution is 2.38. The van der Waals surface area contributed by atoms with E-state index in [1.54, 1.807) is 60.7 Å². The van der Waals surface area contributed by atoms with Gasteiger partial charge in [-0.1, -0.05) is 71.0 Å². The van der Waals surface area contributed by atoms with Gasteiger partial charge in [0, 0.05) is 9.81 Å². The van der Waals surface area contributed by atoms with Crippen molar-refractivity contribution in [3.63, 3.8) is 0 Å². The van der Waals surface area contributed by atoms with E-state index in [-0.39, 0.29) is 6.54 Å². The minimum atomic E-state index is -0.983. The molecular weight excluding hydrogens is 466 g/mol. The van der Waals surface area contributed by atoms with Crippen LogP contribution in [0, 0.1) is 6.92 Å². The van der Waals surface area contributed by atoms with E-state index in [4.69, 9.17) is 19.7 Å². The molecule has 3 aromatic rings. The minimum Gasteiger partial charge on any atom is -0.452 e. The average Bonchev–Trinajstić information content (AvgIpc) is 3.20. The van der Waals surface area contributed by atoms with Crippen molar-refractivity contribution in [2.45, 2.75) is 35.6 Å². The van der Waals surface area contributed by atoms with Gasteiger partial charge in [-0.3, -0.25) is 0 Å². The van der Waals surface area contributed by atoms with Gasteiger partial charge in [0.05, 0.1) is 17.7 Å². The number of carbonyl (C=O) groups is 2. The summed E-state index contributed by atoms with van der Waals surface area (Å²) in [7, 11) is 0. The number of hydrogen-bond acceptors (Lipinski definition) is 7. The Hall–Kier alpha value is -3.78. The molecule has 1 aliphatic rings. The van der Waals surface area contributed by atoms with Crippen molar-refractivity contribution in [1.29, 1.82) is 0 Å². The highest BCUT2D eigenvalue weighted by molar-refractivity contribution is 7.99. The van der Waals surface area contributed by atoms with Crippen molar-refractivity contribution in [3.05, 3.63) is 112 Å². The van der Waals surface area contributed by atoms with Crippen molar-refractivity contribution in [2.24, 2.45) is 5.11 Å². The maximum absolute atomic E-state index is 13.0. The summed E-state index contributed by atoms with van der Waals surface area (Å²) >= 11 is 1.34. The number of nitrogens with zero attached hydrogens (tertiary/aromatic N) is 3. The Morgan fingerprint density at radius 1 is 0.886 bits per heavy atom. The molecule has 1 unspecified atom stereocenters. The first-order valence-electron chi connectivity index (χ1n) is 11.0. The summed E-state index contributed by atoms with van der Waals surface area (Å²) in [4.78, 5) is 29.6. The Kier molecular flexibility index (Phi) is 8.05. The van der Waals surface area contributed by atoms with Crippen LogP contribution in [0.5, 0.6) is 0 Å². The summed E-state index contributed by atoms with van der Waals surface area (Å²) in [6, 6.07) is 24.8. The summed E-state index contributed by atoms with van der Waals surface area (Å²) in [5.74, 6) is -1.16. The van der Waals surface area contributed by atoms with Gasteiger partial charge in [0.25, 0.3) is 0 Å². The predicted octanol–water partition coefficient (Wildman–Crippen LogP) is 5.57. The van der Waals surface area contributed by atoms with E-state index in [1.165, 1.54) is 11.8 Å². The summed E-state index contributed by atoms with van der Waals surface area (Å²) in [5.41, 5.74) is 9.97. The molecule has 0 spiro atoms. The molecule has 0 radical (unpaired) electrons. The highest BCUT2D eigenvalue weighted by atomic mass is 32.2. The van der Waals surface area contributed by atoms with Gasteiger partial charge in [0.1, 0.15) is 11.5 Å². The first kappa shape index (κ1) is 24.3. The van der Waals surface area contributed by atoms with Crippen LogP contribution in [0.3, 0.4) is 0 Å². The third-order valence-electron chi connectivity index (χ3n) is 5.37. The number of esters is 2. The maximum Gasteiger partial charge on any atom is 0.338 e. The van der Waals surface area contributed by atoms with E-state index in [0.29, 0.717) is 11.1 Å². The Morgan fingerprint density at radius 3 is 1.97 bits per heavy atom. The minimum absolute atomic E-state index is 0.0897. The second kappa shape index (κ2) is 11.6. The van der Waals surface area contributed by atoms with Crippen LogP contribution in [0.2, 0.25) is 0 Å². The number of carbonyl (C=O) groups excluding carboxylic acids is 2. The molecule has 3 aromatic carbocycles. The molecule has 9 heteroatoms. The lowest BCUT2D eigenvalue weighted by atomic mass is 10.1. The molecule has 178 valence electrons. The van der Waals surface area contributed by atoms with E-state index in [1.807, 2.05) is 31.2 Å². The molecule has 0 N–H and O–H groups in total. The third-order valence-corrected chi connectivity index (χ3v) is 6.53. The van der Waals surface area contributed by atoms with Crippen molar-refractivity contribution in [1.82, 2.24) is 0 Å². The molecule has 0 bridgehead atoms. The zero-order valence-electron chi connectivity index (χ0n) is 18.9. The van der Waals surface area contributed by atoms with Gasteiger partial charge in [-0.15, -0.1) is 0 Å². The molecule has 8 nitrogen and oxygen atoms in total. The highest BCUT2D eigenvalue weighted by Gasteiger charge is 2.50. The fraction of sp³-hybridized carbons (Fsp3) is 0.231. The van der Waals surface area contributed by atoms with Crippen LogP contribution < -0.4 is 0 Å². The van der Waals surface area contributed by atoms with E-state index in [0.717, 1.165) is 10.5 Å². The fourth-order valence-electron chi connectivity index (χ4n) is 3.60. The van der Waals surface area contributed by atoms with Gasteiger partial charge in [-0.2, -0.15) is 0 Å². The second-order valence-electron chi connectivity index (χ2n) is 7.86. The van der Waals surface area contributed by atoms with Crippen LogP contribution >= 0.6 is 11.8 Å². The second-order valence-corrected chi connectivity index (χ2v) is 9.03. The summed E-state index contributed by atoms with van der Waals surface area (Å²) in [5, 5.41) is 3.62. The SMILES string of the molecule is Cc1ccc(SC2O[C@H](CN=[N+]=[N-])[C@@H](OC(=O)c3ccccc3)[C@H]2OC(=O)c2ccccc2)cc1. The maximum atomic E-state index is 13.0. The molecule has 1 saturated heterocycles. The van der Waals surface area contributed by atoms with Gasteiger partial charge < -0.3 is 14.2 Å². The standard InChI is InChI=1S/C26H23N3O5S/c1-17-12-14-20(15-13-17)35-26-23(34-25(31)19-10-6-3-7-11-19)22(21(32-26)16-28-29-27)33-24(30)18-8-4-2-5-9-18/h2-15,21-23,26H,16H2,1H3/t21-,22-,23-,26?/m1/s1. The first-order valence-corrected chi connectivity index (χ1v) is 11.8. The summed E-state index contributed by atoms with van der Waals surface area (Å²) < 4.78 is 17.8. The number of azide groups is 1. The van der Waals surface area contributed by atoms with Crippen molar-refractivity contribution in [3.8, 4) is 0 Å². The largest absolute Gasteiger partial charge is 0.452 e. The van der Waals surface area contributed by atoms with Crippen molar-refractivity contribution in [2.75, 3.05) is 6.54 Å². The monoisotopic (exact) mass is 489 g/mol. The van der Waals surface area contributed by atoms with Crippen LogP contribution in [0.1, 0.15) is 26.3 Å². The van der Waals surface area contributed by atoms with E-state index < -0.39 is 35.7 Å². The molecule has 35 heavy (non-hydrogen) atoms. The number of hydrogen-bond donors (Lipinski definition) is 0. The first-order chi connectivity index (χ1) is 17.0. The molecule has 4 atom stereocenters. The number of benzene rings is 3. The number of thioether (sulfide) groups is 1. The van der Waals surface area contributed by atoms with E-state index >= 15 is 0 Å². The fourth-order valence-corrected chi connectivity index (χ4v) is 4.70. The molecule has 1 aliphatic heterocycles. The lowest BCUT2D eigenvalue weighted by Gasteiger charge is -2.24. The van der Waals surface area contributed by atoms with Crippen LogP contribution in [-0.2, 0) is 14.2 Å². The van der Waals surface area contributed by atoms with Gasteiger partial charge >= 0.3 is 11.9 Å². The Labute approximate surface area is 206 Å². The van der Waals surface area contributed by atoms with Gasteiger partial charge in [-0.05, 0) is 48.9 Å². The topological polar surface area (TPSA) is 111 Å². The van der Waals surface area contributed by atoms with Crippen molar-refractivity contribution >= 4 is 23.7 Å². The number of aryl methyl sites for hydroxylation is 1. The lowest BCUT2D eigenvalue weighted by molar-refractivity contribution is -0.0279. The quantitative estimate of drug-likeness (QED) is 0.177. The predicted molar refractivity (Wildman–Crippen MR) is 131 cm³/mol. The average molecular weight is 490 g/mol. The summed E-state index contributed by atoms with van der Waals surface area (Å²) in [6.45, 7) is 1.90. The van der Waals surface area contributed by atoms with Gasteiger partial charge in [0.15, 0.2) is 12.2 Å². The zero-order valence-corrected chi connectivity index (χ0v) is 19.7. The van der Waals surface area contributed by atoms with Gasteiger partial charge in [-0.25, -0.2) is 9.59 Å². The Balaban J connectivity index is 1.64. The van der Waals surface area contributed by atoms with Crippen LogP contribution in [0.4, 0.5) is 0 Å². The smallest absolute Gasteiger partial charge is 0.338 e. The third kappa shape index (κ3) is 6.22. The molecular formula is C26H23N3O5S. The van der Waals surface area contributed by atoms with Crippen LogP contribution in [-0.4, -0.2) is 42.2 Å². The van der Waals surface area contributed by atoms with Gasteiger partial charge in [0.2, 0.25) is 0 Å². The van der Waals surface area contributed by atoms with E-state index in [9.17, 15) is 9.59 Å². The molecule has 0 aliphatic carbocycles. The summed E-state index contributed by atoms with van der Waals surface area (Å²) in [6.07, 6.45) is -2.72.